The van der Waals surface area contributed by atoms with Gasteiger partial charge in [-0.15, -0.1) is 0 Å². The minimum atomic E-state index is -0.0467. The number of carbonyl (C=O) groups excluding carboxylic acids is 1. The highest BCUT2D eigenvalue weighted by atomic mass is 16.5. The Kier molecular flexibility index (Phi) is 4.09. The van der Waals surface area contributed by atoms with Crippen LogP contribution >= 0.6 is 0 Å². The molecule has 6 heteroatoms. The molecule has 6 nitrogen and oxygen atoms in total. The second-order valence-corrected chi connectivity index (χ2v) is 6.41. The summed E-state index contributed by atoms with van der Waals surface area (Å²) in [6.45, 7) is 0. The van der Waals surface area contributed by atoms with E-state index < -0.39 is 0 Å². The predicted molar refractivity (Wildman–Crippen MR) is 92.7 cm³/mol. The lowest BCUT2D eigenvalue weighted by Gasteiger charge is -2.23. The number of aryl methyl sites for hydroxylation is 1. The van der Waals surface area contributed by atoms with Gasteiger partial charge in [0.15, 0.2) is 5.76 Å². The summed E-state index contributed by atoms with van der Waals surface area (Å²) in [7, 11) is 1.95. The normalized spacial score (nSPS) is 16.4. The van der Waals surface area contributed by atoms with E-state index in [0.29, 0.717) is 11.5 Å². The van der Waals surface area contributed by atoms with Gasteiger partial charge >= 0.3 is 0 Å². The van der Waals surface area contributed by atoms with E-state index in [4.69, 9.17) is 4.52 Å². The van der Waals surface area contributed by atoms with E-state index in [9.17, 15) is 4.79 Å². The van der Waals surface area contributed by atoms with E-state index in [0.717, 1.165) is 30.4 Å². The fraction of sp³-hybridized carbons (Fsp3) is 0.316. The third-order valence-electron chi connectivity index (χ3n) is 4.67. The van der Waals surface area contributed by atoms with Crippen molar-refractivity contribution in [3.05, 3.63) is 59.5 Å². The van der Waals surface area contributed by atoms with Crippen molar-refractivity contribution in [2.24, 2.45) is 7.05 Å². The van der Waals surface area contributed by atoms with E-state index in [2.05, 4.69) is 15.6 Å². The molecule has 0 saturated heterocycles. The molecule has 1 aromatic carbocycles. The SMILES string of the molecule is Cn1ncc2c1CCC[C@@H]2NC(=O)Cc1cc(-c2ccccc2)on1. The van der Waals surface area contributed by atoms with Crippen molar-refractivity contribution in [2.45, 2.75) is 31.7 Å². The Bertz CT molecular complexity index is 882. The molecule has 128 valence electrons. The Morgan fingerprint density at radius 2 is 2.20 bits per heavy atom. The third-order valence-corrected chi connectivity index (χ3v) is 4.67. The lowest BCUT2D eigenvalue weighted by Crippen LogP contribution is -2.32. The molecule has 0 radical (unpaired) electrons. The summed E-state index contributed by atoms with van der Waals surface area (Å²) in [5.41, 5.74) is 3.93. The van der Waals surface area contributed by atoms with Crippen LogP contribution in [0, 0.1) is 0 Å². The topological polar surface area (TPSA) is 73.0 Å². The number of amides is 1. The van der Waals surface area contributed by atoms with Gasteiger partial charge in [-0.1, -0.05) is 35.5 Å². The molecule has 1 amide bonds. The molecule has 1 aliphatic rings. The van der Waals surface area contributed by atoms with Crippen LogP contribution in [0.1, 0.15) is 35.8 Å². The van der Waals surface area contributed by atoms with Crippen LogP contribution in [-0.4, -0.2) is 20.8 Å². The Balaban J connectivity index is 1.43. The molecular weight excluding hydrogens is 316 g/mol. The second kappa shape index (κ2) is 6.55. The molecule has 0 bridgehead atoms. The Labute approximate surface area is 145 Å². The van der Waals surface area contributed by atoms with Crippen molar-refractivity contribution in [3.8, 4) is 11.3 Å². The molecule has 0 spiro atoms. The first-order valence-electron chi connectivity index (χ1n) is 8.52. The number of nitrogens with one attached hydrogen (secondary N) is 1. The molecule has 2 aromatic heterocycles. The van der Waals surface area contributed by atoms with Crippen molar-refractivity contribution in [3.63, 3.8) is 0 Å². The van der Waals surface area contributed by atoms with Crippen molar-refractivity contribution in [1.82, 2.24) is 20.3 Å². The summed E-state index contributed by atoms with van der Waals surface area (Å²) in [6.07, 6.45) is 5.09. The number of fused-ring (bicyclic) bond motifs is 1. The van der Waals surface area contributed by atoms with Crippen LogP contribution in [0.5, 0.6) is 0 Å². The highest BCUT2D eigenvalue weighted by molar-refractivity contribution is 5.79. The zero-order valence-electron chi connectivity index (χ0n) is 14.1. The number of aromatic nitrogens is 3. The first-order valence-corrected chi connectivity index (χ1v) is 8.52. The Morgan fingerprint density at radius 3 is 3.04 bits per heavy atom. The van der Waals surface area contributed by atoms with E-state index in [1.165, 1.54) is 5.69 Å². The van der Waals surface area contributed by atoms with Gasteiger partial charge < -0.3 is 9.84 Å². The van der Waals surface area contributed by atoms with E-state index in [1.807, 2.05) is 54.3 Å². The number of benzene rings is 1. The molecule has 1 aliphatic carbocycles. The van der Waals surface area contributed by atoms with Gasteiger partial charge in [0.05, 0.1) is 24.4 Å². The van der Waals surface area contributed by atoms with Crippen LogP contribution in [0.2, 0.25) is 0 Å². The Hall–Kier alpha value is -2.89. The highest BCUT2D eigenvalue weighted by Crippen LogP contribution is 2.29. The molecule has 3 aromatic rings. The molecule has 1 N–H and O–H groups in total. The second-order valence-electron chi connectivity index (χ2n) is 6.41. The van der Waals surface area contributed by atoms with Crippen LogP contribution in [-0.2, 0) is 24.7 Å². The zero-order valence-corrected chi connectivity index (χ0v) is 14.1. The van der Waals surface area contributed by atoms with Gasteiger partial charge in [0, 0.05) is 29.9 Å². The molecule has 25 heavy (non-hydrogen) atoms. The molecule has 4 rings (SSSR count). The number of nitrogens with zero attached hydrogens (tertiary/aromatic N) is 3. The third kappa shape index (κ3) is 3.20. The smallest absolute Gasteiger partial charge is 0.226 e. The van der Waals surface area contributed by atoms with Gasteiger partial charge in [0.2, 0.25) is 5.91 Å². The molecular formula is C19H20N4O2. The van der Waals surface area contributed by atoms with Gasteiger partial charge in [-0.05, 0) is 19.3 Å². The van der Waals surface area contributed by atoms with Crippen LogP contribution in [0.4, 0.5) is 0 Å². The molecule has 1 atom stereocenters. The number of carbonyl (C=O) groups is 1. The van der Waals surface area contributed by atoms with Gasteiger partial charge in [-0.25, -0.2) is 0 Å². The monoisotopic (exact) mass is 336 g/mol. The van der Waals surface area contributed by atoms with Crippen molar-refractivity contribution in [2.75, 3.05) is 0 Å². The van der Waals surface area contributed by atoms with Crippen LogP contribution in [0.3, 0.4) is 0 Å². The fourth-order valence-electron chi connectivity index (χ4n) is 3.40. The molecule has 0 saturated carbocycles. The molecule has 0 aliphatic heterocycles. The van der Waals surface area contributed by atoms with Gasteiger partial charge in [-0.2, -0.15) is 5.10 Å². The van der Waals surface area contributed by atoms with Crippen molar-refractivity contribution >= 4 is 5.91 Å². The van der Waals surface area contributed by atoms with Crippen LogP contribution in [0.15, 0.2) is 47.1 Å². The van der Waals surface area contributed by atoms with Gasteiger partial charge in [0.25, 0.3) is 0 Å². The number of hydrogen-bond donors (Lipinski definition) is 1. The quantitative estimate of drug-likeness (QED) is 0.795. The number of hydrogen-bond acceptors (Lipinski definition) is 4. The molecule has 0 fully saturated rings. The van der Waals surface area contributed by atoms with Crippen LogP contribution in [0.25, 0.3) is 11.3 Å². The van der Waals surface area contributed by atoms with Crippen molar-refractivity contribution in [1.29, 1.82) is 0 Å². The van der Waals surface area contributed by atoms with E-state index in [1.54, 1.807) is 0 Å². The van der Waals surface area contributed by atoms with Gasteiger partial charge in [-0.3, -0.25) is 9.48 Å². The van der Waals surface area contributed by atoms with Crippen LogP contribution < -0.4 is 5.32 Å². The first kappa shape index (κ1) is 15.6. The summed E-state index contributed by atoms with van der Waals surface area (Å²) in [4.78, 5) is 12.4. The van der Waals surface area contributed by atoms with E-state index >= 15 is 0 Å². The minimum Gasteiger partial charge on any atom is -0.356 e. The predicted octanol–water partition coefficient (Wildman–Crippen LogP) is 2.81. The summed E-state index contributed by atoms with van der Waals surface area (Å²) < 4.78 is 7.26. The van der Waals surface area contributed by atoms with Crippen molar-refractivity contribution < 1.29 is 9.32 Å². The zero-order chi connectivity index (χ0) is 17.2. The minimum absolute atomic E-state index is 0.0328. The molecule has 2 heterocycles. The average Bonchev–Trinajstić information content (AvgIpc) is 3.24. The summed E-state index contributed by atoms with van der Waals surface area (Å²) in [6, 6.07) is 11.6. The number of rotatable bonds is 4. The lowest BCUT2D eigenvalue weighted by atomic mass is 9.93. The summed E-state index contributed by atoms with van der Waals surface area (Å²) in [5, 5.41) is 11.4. The summed E-state index contributed by atoms with van der Waals surface area (Å²) in [5.74, 6) is 0.630. The van der Waals surface area contributed by atoms with E-state index in [-0.39, 0.29) is 18.4 Å². The first-order chi connectivity index (χ1) is 12.2. The largest absolute Gasteiger partial charge is 0.356 e. The standard InChI is InChI=1S/C19H20N4O2/c1-23-17-9-5-8-16(15(17)12-20-23)21-19(24)11-14-10-18(25-22-14)13-6-3-2-4-7-13/h2-4,6-7,10,12,16H,5,8-9,11H2,1H3,(H,21,24)/t16-/m0/s1. The maximum atomic E-state index is 12.4. The Morgan fingerprint density at radius 1 is 1.36 bits per heavy atom. The fourth-order valence-corrected chi connectivity index (χ4v) is 3.40. The lowest BCUT2D eigenvalue weighted by molar-refractivity contribution is -0.121. The van der Waals surface area contributed by atoms with Gasteiger partial charge in [0.1, 0.15) is 0 Å². The average molecular weight is 336 g/mol. The summed E-state index contributed by atoms with van der Waals surface area (Å²) >= 11 is 0. The highest BCUT2D eigenvalue weighted by Gasteiger charge is 2.25. The molecule has 0 unspecified atom stereocenters. The maximum Gasteiger partial charge on any atom is 0.226 e. The maximum absolute atomic E-state index is 12.4.